The number of carbonyl (C=O) groups is 2. The molecule has 8 heteroatoms. The van der Waals surface area contributed by atoms with Gasteiger partial charge >= 0.3 is 0 Å². The van der Waals surface area contributed by atoms with E-state index in [1.54, 1.807) is 22.3 Å². The van der Waals surface area contributed by atoms with Gasteiger partial charge in [0.25, 0.3) is 11.8 Å². The zero-order valence-corrected chi connectivity index (χ0v) is 21.3. The predicted octanol–water partition coefficient (Wildman–Crippen LogP) is 6.20. The maximum absolute atomic E-state index is 13.3. The van der Waals surface area contributed by atoms with Crippen LogP contribution < -0.4 is 5.32 Å². The molecule has 1 aliphatic carbocycles. The van der Waals surface area contributed by atoms with Gasteiger partial charge in [-0.1, -0.05) is 31.4 Å². The third-order valence-corrected chi connectivity index (χ3v) is 8.12. The van der Waals surface area contributed by atoms with Gasteiger partial charge in [-0.3, -0.25) is 14.3 Å². The molecule has 2 fully saturated rings. The molecule has 7 nitrogen and oxygen atoms in total. The number of hydrogen-bond acceptors (Lipinski definition) is 5. The van der Waals surface area contributed by atoms with Gasteiger partial charge in [-0.05, 0) is 69.2 Å². The van der Waals surface area contributed by atoms with Crippen LogP contribution in [0.15, 0.2) is 41.9 Å². The summed E-state index contributed by atoms with van der Waals surface area (Å²) in [6, 6.07) is 10.0. The molecule has 2 aliphatic rings. The second-order valence-corrected chi connectivity index (χ2v) is 10.8. The molecule has 1 unspecified atom stereocenters. The highest BCUT2D eigenvalue weighted by molar-refractivity contribution is 7.10. The summed E-state index contributed by atoms with van der Waals surface area (Å²) in [4.78, 5) is 32.7. The number of rotatable bonds is 6. The summed E-state index contributed by atoms with van der Waals surface area (Å²) in [6.45, 7) is 4.71. The Morgan fingerprint density at radius 1 is 1.03 bits per heavy atom. The molecule has 1 aliphatic heterocycles. The molecular weight excluding hydrogens is 458 g/mol. The van der Waals surface area contributed by atoms with Crippen LogP contribution in [0.2, 0.25) is 0 Å². The summed E-state index contributed by atoms with van der Waals surface area (Å²) < 4.78 is 1.76. The number of benzene rings is 1. The molecule has 0 radical (unpaired) electrons. The van der Waals surface area contributed by atoms with Crippen LogP contribution in [0.25, 0.3) is 0 Å². The number of thiazole rings is 1. The van der Waals surface area contributed by atoms with Gasteiger partial charge < -0.3 is 10.2 Å². The highest BCUT2D eigenvalue weighted by atomic mass is 32.1. The Hall–Kier alpha value is -3.00. The average Bonchev–Trinajstić information content (AvgIpc) is 3.65. The molecule has 2 amide bonds. The molecule has 2 aromatic heterocycles. The molecular formula is C27H33N5O2S. The van der Waals surface area contributed by atoms with Crippen LogP contribution in [-0.2, 0) is 0 Å². The minimum Gasteiger partial charge on any atom is -0.328 e. The first-order valence-electron chi connectivity index (χ1n) is 12.7. The van der Waals surface area contributed by atoms with Gasteiger partial charge in [-0.25, -0.2) is 4.98 Å². The van der Waals surface area contributed by atoms with Crippen LogP contribution >= 0.6 is 11.3 Å². The number of nitrogens with one attached hydrogen (secondary N) is 1. The van der Waals surface area contributed by atoms with E-state index in [4.69, 9.17) is 0 Å². The predicted molar refractivity (Wildman–Crippen MR) is 138 cm³/mol. The summed E-state index contributed by atoms with van der Waals surface area (Å²) in [7, 11) is 0. The lowest BCUT2D eigenvalue weighted by molar-refractivity contribution is 0.0720. The summed E-state index contributed by atoms with van der Waals surface area (Å²) in [6.07, 6.45) is 9.91. The van der Waals surface area contributed by atoms with E-state index in [1.807, 2.05) is 30.9 Å². The number of likely N-dealkylation sites (tertiary alicyclic amines) is 1. The third kappa shape index (κ3) is 5.03. The molecule has 3 aromatic rings. The largest absolute Gasteiger partial charge is 0.328 e. The van der Waals surface area contributed by atoms with E-state index in [-0.39, 0.29) is 23.9 Å². The Morgan fingerprint density at radius 2 is 1.80 bits per heavy atom. The zero-order valence-electron chi connectivity index (χ0n) is 20.4. The maximum atomic E-state index is 13.3. The summed E-state index contributed by atoms with van der Waals surface area (Å²) in [5, 5.41) is 9.89. The van der Waals surface area contributed by atoms with Crippen LogP contribution in [-0.4, -0.2) is 38.0 Å². The van der Waals surface area contributed by atoms with Gasteiger partial charge in [0, 0.05) is 29.9 Å². The van der Waals surface area contributed by atoms with Crippen LogP contribution in [0.3, 0.4) is 0 Å². The lowest BCUT2D eigenvalue weighted by Crippen LogP contribution is -2.32. The molecule has 0 spiro atoms. The molecule has 3 heterocycles. The molecule has 1 N–H and O–H groups in total. The highest BCUT2D eigenvalue weighted by Crippen LogP contribution is 2.36. The normalized spacial score (nSPS) is 18.8. The van der Waals surface area contributed by atoms with Crippen molar-refractivity contribution in [3.63, 3.8) is 0 Å². The van der Waals surface area contributed by atoms with Crippen LogP contribution in [0.5, 0.6) is 0 Å². The Kier molecular flexibility index (Phi) is 7.00. The summed E-state index contributed by atoms with van der Waals surface area (Å²) in [5.41, 5.74) is 3.14. The van der Waals surface area contributed by atoms with E-state index in [1.165, 1.54) is 49.0 Å². The van der Waals surface area contributed by atoms with E-state index in [2.05, 4.69) is 27.5 Å². The number of amides is 2. The monoisotopic (exact) mass is 491 g/mol. The number of anilines is 1. The average molecular weight is 492 g/mol. The Labute approximate surface area is 210 Å². The quantitative estimate of drug-likeness (QED) is 0.445. The Bertz CT molecular complexity index is 1180. The van der Waals surface area contributed by atoms with Gasteiger partial charge in [0.2, 0.25) is 0 Å². The van der Waals surface area contributed by atoms with Crippen molar-refractivity contribution in [3.8, 4) is 0 Å². The molecule has 5 rings (SSSR count). The fraction of sp³-hybridized carbons (Fsp3) is 0.481. The fourth-order valence-corrected chi connectivity index (χ4v) is 6.27. The van der Waals surface area contributed by atoms with E-state index >= 15 is 0 Å². The van der Waals surface area contributed by atoms with Crippen LogP contribution in [0, 0.1) is 0 Å². The number of nitrogens with zero attached hydrogens (tertiary/aromatic N) is 4. The molecule has 0 bridgehead atoms. The first-order chi connectivity index (χ1) is 17.0. The molecule has 184 valence electrons. The van der Waals surface area contributed by atoms with Crippen molar-refractivity contribution in [2.75, 3.05) is 11.9 Å². The SMILES string of the molecule is CC(C)n1nccc1C(=O)N1CCCC1c1nc(C(=O)Nc2ccc(C3CCCCC3)cc2)cs1. The molecule has 1 atom stereocenters. The molecule has 35 heavy (non-hydrogen) atoms. The first kappa shape index (κ1) is 23.7. The van der Waals surface area contributed by atoms with Gasteiger partial charge in [-0.15, -0.1) is 11.3 Å². The third-order valence-electron chi connectivity index (χ3n) is 7.18. The summed E-state index contributed by atoms with van der Waals surface area (Å²) in [5.74, 6) is 0.399. The standard InChI is InChI=1S/C27H33N5O2S/c1-18(2)32-24(14-15-28-32)27(34)31-16-6-9-23(31)26-30-22(17-35-26)25(33)29-21-12-10-20(11-13-21)19-7-4-3-5-8-19/h10-15,17-19,23H,3-9,16H2,1-2H3,(H,29,33). The van der Waals surface area contributed by atoms with E-state index in [0.29, 0.717) is 23.9 Å². The van der Waals surface area contributed by atoms with Crippen LogP contribution in [0.1, 0.15) is 108 Å². The zero-order chi connectivity index (χ0) is 24.4. The van der Waals surface area contributed by atoms with Crippen molar-refractivity contribution < 1.29 is 9.59 Å². The fourth-order valence-electron chi connectivity index (χ4n) is 5.32. The van der Waals surface area contributed by atoms with Gasteiger partial charge in [0.1, 0.15) is 16.4 Å². The van der Waals surface area contributed by atoms with Crippen molar-refractivity contribution >= 4 is 28.8 Å². The van der Waals surface area contributed by atoms with Crippen molar-refractivity contribution in [3.05, 3.63) is 63.9 Å². The number of aromatic nitrogens is 3. The number of hydrogen-bond donors (Lipinski definition) is 1. The first-order valence-corrected chi connectivity index (χ1v) is 13.6. The highest BCUT2D eigenvalue weighted by Gasteiger charge is 2.34. The van der Waals surface area contributed by atoms with Gasteiger partial charge in [-0.2, -0.15) is 5.10 Å². The van der Waals surface area contributed by atoms with E-state index in [9.17, 15) is 9.59 Å². The maximum Gasteiger partial charge on any atom is 0.275 e. The van der Waals surface area contributed by atoms with Crippen molar-refractivity contribution in [2.24, 2.45) is 0 Å². The molecule has 1 saturated heterocycles. The summed E-state index contributed by atoms with van der Waals surface area (Å²) >= 11 is 1.45. The topological polar surface area (TPSA) is 80.1 Å². The minimum atomic E-state index is -0.216. The smallest absolute Gasteiger partial charge is 0.275 e. The van der Waals surface area contributed by atoms with E-state index < -0.39 is 0 Å². The second-order valence-electron chi connectivity index (χ2n) is 9.89. The van der Waals surface area contributed by atoms with E-state index in [0.717, 1.165) is 23.5 Å². The molecule has 1 saturated carbocycles. The lowest BCUT2D eigenvalue weighted by atomic mass is 9.84. The van der Waals surface area contributed by atoms with Gasteiger partial charge in [0.05, 0.1) is 6.04 Å². The van der Waals surface area contributed by atoms with Crippen LogP contribution in [0.4, 0.5) is 5.69 Å². The lowest BCUT2D eigenvalue weighted by Gasteiger charge is -2.24. The second kappa shape index (κ2) is 10.3. The van der Waals surface area contributed by atoms with Gasteiger partial charge in [0.15, 0.2) is 0 Å². The van der Waals surface area contributed by atoms with Crippen molar-refractivity contribution in [1.82, 2.24) is 19.7 Å². The minimum absolute atomic E-state index is 0.0297. The molecule has 1 aromatic carbocycles. The van der Waals surface area contributed by atoms with Crippen molar-refractivity contribution in [1.29, 1.82) is 0 Å². The van der Waals surface area contributed by atoms with Crippen molar-refractivity contribution in [2.45, 2.75) is 76.8 Å². The Morgan fingerprint density at radius 3 is 2.54 bits per heavy atom. The Balaban J connectivity index is 1.25. The number of carbonyl (C=O) groups excluding carboxylic acids is 2.